The van der Waals surface area contributed by atoms with Gasteiger partial charge in [0.15, 0.2) is 5.78 Å². The second-order valence-electron chi connectivity index (χ2n) is 3.80. The summed E-state index contributed by atoms with van der Waals surface area (Å²) < 4.78 is 27.2. The van der Waals surface area contributed by atoms with E-state index in [9.17, 15) is 18.8 Å². The maximum atomic E-state index is 13.7. The fourth-order valence-electron chi connectivity index (χ4n) is 1.73. The number of ketones is 1. The minimum atomic E-state index is -0.841. The van der Waals surface area contributed by atoms with Crippen LogP contribution in [0.15, 0.2) is 36.5 Å². The lowest BCUT2D eigenvalue weighted by molar-refractivity contribution is -0.896. The molecule has 1 heterocycles. The van der Waals surface area contributed by atoms with E-state index in [2.05, 4.69) is 0 Å². The van der Waals surface area contributed by atoms with Crippen molar-refractivity contribution in [2.75, 3.05) is 0 Å². The zero-order valence-electron chi connectivity index (χ0n) is 9.52. The summed E-state index contributed by atoms with van der Waals surface area (Å²) in [5.74, 6) is -1.88. The minimum Gasteiger partial charge on any atom is -0.294 e. The molecule has 1 aromatic carbocycles. The van der Waals surface area contributed by atoms with Gasteiger partial charge in [-0.15, -0.1) is 0 Å². The molecular formula is C13H10F2NO2+. The van der Waals surface area contributed by atoms with Crippen LogP contribution >= 0.6 is 0 Å². The first-order chi connectivity index (χ1) is 8.50. The number of halogens is 2. The molecular weight excluding hydrogens is 240 g/mol. The van der Waals surface area contributed by atoms with Crippen molar-refractivity contribution >= 4 is 5.78 Å². The van der Waals surface area contributed by atoms with Crippen LogP contribution in [0.5, 0.6) is 0 Å². The molecule has 0 bridgehead atoms. The average Bonchev–Trinajstić information content (AvgIpc) is 2.29. The molecule has 0 unspecified atom stereocenters. The lowest BCUT2D eigenvalue weighted by Gasteiger charge is -2.03. The zero-order valence-corrected chi connectivity index (χ0v) is 9.52. The number of pyridine rings is 1. The van der Waals surface area contributed by atoms with E-state index in [0.717, 1.165) is 6.07 Å². The van der Waals surface area contributed by atoms with Gasteiger partial charge in [0.1, 0.15) is 11.6 Å². The summed E-state index contributed by atoms with van der Waals surface area (Å²) in [6.07, 6.45) is 1.27. The fourth-order valence-corrected chi connectivity index (χ4v) is 1.73. The second kappa shape index (κ2) is 4.52. The maximum absolute atomic E-state index is 13.7. The third kappa shape index (κ3) is 2.07. The number of hydrogen-bond acceptors (Lipinski definition) is 2. The van der Waals surface area contributed by atoms with Crippen molar-refractivity contribution in [2.24, 2.45) is 0 Å². The van der Waals surface area contributed by atoms with Crippen LogP contribution in [0.3, 0.4) is 0 Å². The van der Waals surface area contributed by atoms with E-state index in [1.807, 2.05) is 0 Å². The van der Waals surface area contributed by atoms with Gasteiger partial charge in [-0.2, -0.15) is 0 Å². The number of nitrogens with zero attached hydrogens (tertiary/aromatic N) is 1. The van der Waals surface area contributed by atoms with Gasteiger partial charge >= 0.3 is 0 Å². The summed E-state index contributed by atoms with van der Waals surface area (Å²) in [7, 11) is 0. The highest BCUT2D eigenvalue weighted by Gasteiger charge is 2.24. The molecule has 18 heavy (non-hydrogen) atoms. The van der Waals surface area contributed by atoms with Crippen molar-refractivity contribution < 1.29 is 23.5 Å². The smallest absolute Gasteiger partial charge is 0.278 e. The Labute approximate surface area is 102 Å². The van der Waals surface area contributed by atoms with Gasteiger partial charge in [-0.25, -0.2) is 8.78 Å². The molecule has 2 rings (SSSR count). The van der Waals surface area contributed by atoms with Crippen LogP contribution in [0.4, 0.5) is 8.78 Å². The molecule has 0 aliphatic heterocycles. The molecule has 5 heteroatoms. The molecule has 1 aromatic heterocycles. The highest BCUT2D eigenvalue weighted by Crippen LogP contribution is 2.23. The molecule has 0 atom stereocenters. The van der Waals surface area contributed by atoms with E-state index in [4.69, 9.17) is 0 Å². The first kappa shape index (κ1) is 12.2. The molecule has 0 saturated heterocycles. The summed E-state index contributed by atoms with van der Waals surface area (Å²) in [5.41, 5.74) is 0.123. The van der Waals surface area contributed by atoms with E-state index in [1.54, 1.807) is 0 Å². The number of aromatic nitrogens is 1. The molecule has 92 valence electrons. The van der Waals surface area contributed by atoms with Crippen molar-refractivity contribution in [3.63, 3.8) is 0 Å². The van der Waals surface area contributed by atoms with Gasteiger partial charge in [0, 0.05) is 16.9 Å². The van der Waals surface area contributed by atoms with Crippen molar-refractivity contribution in [1.29, 1.82) is 0 Å². The highest BCUT2D eigenvalue weighted by atomic mass is 19.1. The highest BCUT2D eigenvalue weighted by molar-refractivity contribution is 5.99. The first-order valence-electron chi connectivity index (χ1n) is 5.21. The Bertz CT molecular complexity index is 626. The van der Waals surface area contributed by atoms with E-state index < -0.39 is 11.6 Å². The molecule has 3 nitrogen and oxygen atoms in total. The van der Waals surface area contributed by atoms with Crippen molar-refractivity contribution in [1.82, 2.24) is 0 Å². The molecule has 0 radical (unpaired) electrons. The standard InChI is InChI=1S/C13H10F2NO2/c1-8(17)10-3-2-6-16(18)13(10)11-5-4-9(14)7-12(11)15/h2-7,18H,1H3/q+1. The summed E-state index contributed by atoms with van der Waals surface area (Å²) in [6.45, 7) is 1.31. The van der Waals surface area contributed by atoms with Crippen LogP contribution in [-0.2, 0) is 0 Å². The minimum absolute atomic E-state index is 0.00231. The van der Waals surface area contributed by atoms with E-state index >= 15 is 0 Å². The third-order valence-corrected chi connectivity index (χ3v) is 2.54. The summed E-state index contributed by atoms with van der Waals surface area (Å²) in [5, 5.41) is 9.69. The molecule has 2 aromatic rings. The van der Waals surface area contributed by atoms with Crippen molar-refractivity contribution in [2.45, 2.75) is 6.92 Å². The van der Waals surface area contributed by atoms with E-state index in [1.165, 1.54) is 31.3 Å². The van der Waals surface area contributed by atoms with Crippen LogP contribution in [0, 0.1) is 11.6 Å². The van der Waals surface area contributed by atoms with Crippen LogP contribution in [0.25, 0.3) is 11.3 Å². The molecule has 0 aliphatic rings. The largest absolute Gasteiger partial charge is 0.294 e. The number of carbonyl (C=O) groups is 1. The van der Waals surface area contributed by atoms with Gasteiger partial charge in [0.25, 0.3) is 5.69 Å². The van der Waals surface area contributed by atoms with Crippen LogP contribution < -0.4 is 4.73 Å². The Morgan fingerprint density at radius 3 is 2.61 bits per heavy atom. The first-order valence-corrected chi connectivity index (χ1v) is 5.21. The average molecular weight is 250 g/mol. The Morgan fingerprint density at radius 1 is 1.28 bits per heavy atom. The SMILES string of the molecule is CC(=O)c1ccc[n+](O)c1-c1ccc(F)cc1F. The summed E-state index contributed by atoms with van der Waals surface area (Å²) >= 11 is 0. The molecule has 0 saturated carbocycles. The topological polar surface area (TPSA) is 41.2 Å². The monoisotopic (exact) mass is 250 g/mol. The normalized spacial score (nSPS) is 10.4. The molecule has 0 amide bonds. The predicted octanol–water partition coefficient (Wildman–Crippen LogP) is 2.36. The lowest BCUT2D eigenvalue weighted by atomic mass is 10.0. The van der Waals surface area contributed by atoms with Gasteiger partial charge < -0.3 is 0 Å². The van der Waals surface area contributed by atoms with E-state index in [0.29, 0.717) is 10.8 Å². The maximum Gasteiger partial charge on any atom is 0.278 e. The van der Waals surface area contributed by atoms with Crippen LogP contribution in [0.1, 0.15) is 17.3 Å². The fraction of sp³-hybridized carbons (Fsp3) is 0.0769. The summed E-state index contributed by atoms with van der Waals surface area (Å²) in [6, 6.07) is 5.87. The number of Topliss-reactive ketones (excluding diaryl/α,β-unsaturated/α-hetero) is 1. The second-order valence-corrected chi connectivity index (χ2v) is 3.80. The van der Waals surface area contributed by atoms with Crippen molar-refractivity contribution in [3.8, 4) is 11.3 Å². The van der Waals surface area contributed by atoms with Crippen LogP contribution in [-0.4, -0.2) is 11.0 Å². The number of carbonyl (C=O) groups excluding carboxylic acids is 1. The zero-order chi connectivity index (χ0) is 13.3. The van der Waals surface area contributed by atoms with E-state index in [-0.39, 0.29) is 22.6 Å². The van der Waals surface area contributed by atoms with Gasteiger partial charge in [-0.1, -0.05) is 0 Å². The lowest BCUT2D eigenvalue weighted by Crippen LogP contribution is -2.34. The van der Waals surface area contributed by atoms with Crippen LogP contribution in [0.2, 0.25) is 0 Å². The van der Waals surface area contributed by atoms with Gasteiger partial charge in [-0.3, -0.25) is 10.0 Å². The molecule has 1 N–H and O–H groups in total. The molecule has 0 aliphatic carbocycles. The molecule has 0 spiro atoms. The quantitative estimate of drug-likeness (QED) is 0.505. The molecule has 0 fully saturated rings. The Hall–Kier alpha value is -2.30. The van der Waals surface area contributed by atoms with Gasteiger partial charge in [-0.05, 0) is 25.1 Å². The predicted molar refractivity (Wildman–Crippen MR) is 59.2 cm³/mol. The number of benzene rings is 1. The number of hydrogen-bond donors (Lipinski definition) is 1. The Balaban J connectivity index is 2.74. The Morgan fingerprint density at radius 2 is 2.00 bits per heavy atom. The third-order valence-electron chi connectivity index (χ3n) is 2.54. The van der Waals surface area contributed by atoms with Crippen molar-refractivity contribution in [3.05, 3.63) is 53.7 Å². The Kier molecular flexibility index (Phi) is 3.06. The number of rotatable bonds is 2. The summed E-state index contributed by atoms with van der Waals surface area (Å²) in [4.78, 5) is 11.4. The van der Waals surface area contributed by atoms with Gasteiger partial charge in [0.2, 0.25) is 6.20 Å². The van der Waals surface area contributed by atoms with Gasteiger partial charge in [0.05, 0.1) is 11.1 Å².